The van der Waals surface area contributed by atoms with Gasteiger partial charge in [0, 0.05) is 116 Å². The van der Waals surface area contributed by atoms with E-state index in [-0.39, 0.29) is 0 Å². The van der Waals surface area contributed by atoms with Crippen LogP contribution in [0.2, 0.25) is 0 Å². The lowest BCUT2D eigenvalue weighted by Gasteiger charge is -2.29. The van der Waals surface area contributed by atoms with Crippen molar-refractivity contribution in [1.82, 2.24) is 29.1 Å². The van der Waals surface area contributed by atoms with E-state index in [1.54, 1.807) is 11.3 Å². The van der Waals surface area contributed by atoms with Gasteiger partial charge in [-0.15, -0.1) is 22.7 Å². The number of rotatable bonds is 6. The highest BCUT2D eigenvalue weighted by atomic mass is 32.1. The highest BCUT2D eigenvalue weighted by Gasteiger charge is 2.44. The molecule has 7 heterocycles. The van der Waals surface area contributed by atoms with Gasteiger partial charge in [0.15, 0.2) is 5.58 Å². The molecule has 9 heteroatoms. The maximum absolute atomic E-state index is 6.92. The first-order valence-corrected chi connectivity index (χ1v) is 40.0. The van der Waals surface area contributed by atoms with Crippen LogP contribution in [0.3, 0.4) is 0 Å². The molecule has 112 heavy (non-hydrogen) atoms. The summed E-state index contributed by atoms with van der Waals surface area (Å²) in [5, 5.41) is 29.6. The van der Waals surface area contributed by atoms with Crippen LogP contribution in [0.15, 0.2) is 326 Å². The first-order valence-electron chi connectivity index (χ1n) is 38.4. The summed E-state index contributed by atoms with van der Waals surface area (Å²) in [4.78, 5) is 23.8. The van der Waals surface area contributed by atoms with E-state index < -0.39 is 5.41 Å². The SMILES string of the molecule is CC1(Cc2ccc3c(c2)c2ccccc2c2ccc4c(c5ccc6ccccc6c5n4-c4nc(-c5cccc6c5sc5ccccc56)c5oc6ccccc6c5n4)c23)c2ccccc2-c2nc(-n3c4ccc5c6ccccc6c6ccccc6c5c4c4ccc5ccccc5c43)nc(-c3cccc4c3sc3ccccc34)c21. The topological polar surface area (TPSA) is 74.6 Å². The highest BCUT2D eigenvalue weighted by molar-refractivity contribution is 7.26. The number of hydrogen-bond donors (Lipinski definition) is 0. The summed E-state index contributed by atoms with van der Waals surface area (Å²) in [6, 6.07) is 119. The Kier molecular flexibility index (Phi) is 12.2. The third-order valence-corrected chi connectivity index (χ3v) is 27.3. The Morgan fingerprint density at radius 1 is 0.312 bits per heavy atom. The van der Waals surface area contributed by atoms with Gasteiger partial charge >= 0.3 is 0 Å². The van der Waals surface area contributed by atoms with E-state index in [2.05, 4.69) is 325 Å². The molecule has 1 unspecified atom stereocenters. The average Bonchev–Trinajstić information content (AvgIpc) is 1.51. The second-order valence-electron chi connectivity index (χ2n) is 30.7. The zero-order valence-electron chi connectivity index (χ0n) is 60.2. The molecular formula is C103H58N6OS2. The van der Waals surface area contributed by atoms with Crippen LogP contribution < -0.4 is 0 Å². The largest absolute Gasteiger partial charge is 0.452 e. The first-order chi connectivity index (χ1) is 55.4. The minimum absolute atomic E-state index is 0.583. The Bertz CT molecular complexity index is 8570. The van der Waals surface area contributed by atoms with Crippen LogP contribution in [0.4, 0.5) is 0 Å². The zero-order valence-corrected chi connectivity index (χ0v) is 61.8. The van der Waals surface area contributed by atoms with Crippen molar-refractivity contribution in [3.8, 4) is 45.7 Å². The second kappa shape index (κ2) is 22.4. The highest BCUT2D eigenvalue weighted by Crippen LogP contribution is 2.57. The molecule has 0 saturated carbocycles. The van der Waals surface area contributed by atoms with E-state index in [9.17, 15) is 0 Å². The number of hydrogen-bond acceptors (Lipinski definition) is 7. The molecule has 25 aromatic rings. The van der Waals surface area contributed by atoms with Crippen LogP contribution >= 0.6 is 22.7 Å². The average molecular weight is 1460 g/mol. The summed E-state index contributed by atoms with van der Waals surface area (Å²) < 4.78 is 16.5. The van der Waals surface area contributed by atoms with Gasteiger partial charge in [-0.25, -0.2) is 19.9 Å². The van der Waals surface area contributed by atoms with Gasteiger partial charge in [0.05, 0.1) is 33.5 Å². The molecule has 518 valence electrons. The Morgan fingerprint density at radius 2 is 0.723 bits per heavy atom. The Morgan fingerprint density at radius 3 is 1.32 bits per heavy atom. The zero-order chi connectivity index (χ0) is 72.9. The number of nitrogens with zero attached hydrogens (tertiary/aromatic N) is 6. The van der Waals surface area contributed by atoms with Crippen molar-refractivity contribution >= 4 is 215 Å². The van der Waals surface area contributed by atoms with E-state index in [0.29, 0.717) is 23.9 Å². The van der Waals surface area contributed by atoms with Gasteiger partial charge in [-0.05, 0) is 119 Å². The Balaban J connectivity index is 0.722. The molecule has 0 N–H and O–H groups in total. The molecule has 18 aromatic carbocycles. The Labute approximate surface area is 646 Å². The number of para-hydroxylation sites is 1. The fraction of sp³-hybridized carbons (Fsp3) is 0.0291. The third-order valence-electron chi connectivity index (χ3n) is 24.9. The molecule has 7 nitrogen and oxygen atoms in total. The molecule has 1 aliphatic carbocycles. The second-order valence-corrected chi connectivity index (χ2v) is 32.8. The molecule has 7 aromatic heterocycles. The first kappa shape index (κ1) is 61.0. The van der Waals surface area contributed by atoms with Gasteiger partial charge < -0.3 is 4.42 Å². The number of benzene rings is 18. The van der Waals surface area contributed by atoms with E-state index in [1.165, 1.54) is 122 Å². The predicted octanol–water partition coefficient (Wildman–Crippen LogP) is 28.2. The molecule has 0 radical (unpaired) electrons. The van der Waals surface area contributed by atoms with Crippen molar-refractivity contribution in [3.63, 3.8) is 0 Å². The minimum atomic E-state index is -0.632. The van der Waals surface area contributed by atoms with Gasteiger partial charge in [0.1, 0.15) is 16.8 Å². The van der Waals surface area contributed by atoms with Gasteiger partial charge in [0.25, 0.3) is 0 Å². The summed E-state index contributed by atoms with van der Waals surface area (Å²) in [7, 11) is 0. The minimum Gasteiger partial charge on any atom is -0.452 e. The van der Waals surface area contributed by atoms with Crippen molar-refractivity contribution in [2.45, 2.75) is 18.8 Å². The van der Waals surface area contributed by atoms with Gasteiger partial charge in [0.2, 0.25) is 11.9 Å². The van der Waals surface area contributed by atoms with Crippen LogP contribution in [-0.4, -0.2) is 29.1 Å². The predicted molar refractivity (Wildman–Crippen MR) is 472 cm³/mol. The molecule has 0 fully saturated rings. The van der Waals surface area contributed by atoms with E-state index >= 15 is 0 Å². The van der Waals surface area contributed by atoms with Gasteiger partial charge in [-0.3, -0.25) is 9.13 Å². The lowest BCUT2D eigenvalue weighted by molar-refractivity contribution is 0.581. The molecule has 0 spiro atoms. The summed E-state index contributed by atoms with van der Waals surface area (Å²) >= 11 is 3.66. The molecular weight excluding hydrogens is 1400 g/mol. The van der Waals surface area contributed by atoms with Crippen LogP contribution in [-0.2, 0) is 11.8 Å². The van der Waals surface area contributed by atoms with Crippen molar-refractivity contribution in [2.75, 3.05) is 0 Å². The van der Waals surface area contributed by atoms with Gasteiger partial charge in [-0.1, -0.05) is 292 Å². The van der Waals surface area contributed by atoms with Crippen molar-refractivity contribution < 1.29 is 4.42 Å². The Hall–Kier alpha value is -14.0. The monoisotopic (exact) mass is 1460 g/mol. The molecule has 26 rings (SSSR count). The van der Waals surface area contributed by atoms with E-state index in [0.717, 1.165) is 115 Å². The molecule has 0 amide bonds. The molecule has 0 aliphatic heterocycles. The van der Waals surface area contributed by atoms with Gasteiger partial charge in [-0.2, -0.15) is 0 Å². The van der Waals surface area contributed by atoms with Crippen molar-refractivity contribution in [2.24, 2.45) is 0 Å². The fourth-order valence-corrected chi connectivity index (χ4v) is 22.7. The van der Waals surface area contributed by atoms with Crippen molar-refractivity contribution in [1.29, 1.82) is 0 Å². The molecule has 0 bridgehead atoms. The molecule has 1 atom stereocenters. The van der Waals surface area contributed by atoms with Crippen molar-refractivity contribution in [3.05, 3.63) is 338 Å². The van der Waals surface area contributed by atoms with Crippen LogP contribution in [0.1, 0.15) is 23.6 Å². The smallest absolute Gasteiger partial charge is 0.236 e. The lowest BCUT2D eigenvalue weighted by Crippen LogP contribution is -2.25. The fourth-order valence-electron chi connectivity index (χ4n) is 20.2. The standard InChI is InChI=1S/C103H58N6OS2/c1-103(81-40-16-12-34-74(81)92-91(103)93(78-38-20-36-72-66-31-14-18-42-85(66)111-99(72)78)105-101(104-92)108-82-52-50-69-63-28-7-6-26-61(63)62-27-10-11-33-68(62)87(69)89(82)76-48-45-57-22-2-4-24-59(57)96(76)108)55-56-44-47-71-80(54-56)65-30-9-8-29-64(65)70-51-53-83-90(88(70)71)77-49-46-58-23-3-5-25-60(58)97(77)109(83)102-106-94-75-35-13-17-41-84(75)110-98(94)95(107-102)79-39-21-37-73-67-32-15-19-43-86(67)112-100(73)79/h2-54H,55H2,1H3. The number of aromatic nitrogens is 6. The summed E-state index contributed by atoms with van der Waals surface area (Å²) in [5.41, 5.74) is 15.3. The summed E-state index contributed by atoms with van der Waals surface area (Å²) in [5.74, 6) is 1.23. The quantitative estimate of drug-likeness (QED) is 0.155. The number of thiophene rings is 2. The third kappa shape index (κ3) is 8.11. The normalized spacial score (nSPS) is 14.0. The maximum Gasteiger partial charge on any atom is 0.236 e. The summed E-state index contributed by atoms with van der Waals surface area (Å²) in [6.45, 7) is 2.47. The van der Waals surface area contributed by atoms with Crippen LogP contribution in [0, 0.1) is 0 Å². The van der Waals surface area contributed by atoms with Crippen LogP contribution in [0.5, 0.6) is 0 Å². The molecule has 0 saturated heterocycles. The number of fused-ring (bicyclic) bond motifs is 36. The molecule has 1 aliphatic rings. The van der Waals surface area contributed by atoms with E-state index in [4.69, 9.17) is 24.4 Å². The lowest BCUT2D eigenvalue weighted by atomic mass is 9.74. The van der Waals surface area contributed by atoms with Crippen LogP contribution in [0.25, 0.3) is 238 Å². The summed E-state index contributed by atoms with van der Waals surface area (Å²) in [6.07, 6.45) is 0.667. The van der Waals surface area contributed by atoms with E-state index in [1.807, 2.05) is 23.5 Å². The number of furan rings is 1. The maximum atomic E-state index is 6.92.